The third-order valence-electron chi connectivity index (χ3n) is 2.10. The number of aliphatic hydroxyl groups is 2. The number of guanidine groups is 2. The normalized spacial score (nSPS) is 19.8. The largest absolute Gasteiger partial charge is 0.479 e. The van der Waals surface area contributed by atoms with Gasteiger partial charge in [0.15, 0.2) is 18.2 Å². The van der Waals surface area contributed by atoms with Crippen molar-refractivity contribution in [1.82, 2.24) is 10.2 Å². The van der Waals surface area contributed by atoms with Gasteiger partial charge in [0, 0.05) is 14.1 Å². The van der Waals surface area contributed by atoms with Crippen molar-refractivity contribution in [2.75, 3.05) is 14.1 Å². The number of nitrogens with zero attached hydrogens (tertiary/aromatic N) is 3. The molecule has 3 atom stereocenters. The highest BCUT2D eigenvalue weighted by Gasteiger charge is 2.29. The predicted octanol–water partition coefficient (Wildman–Crippen LogP) is -2.95. The lowest BCUT2D eigenvalue weighted by molar-refractivity contribution is -0.165. The van der Waals surface area contributed by atoms with Crippen LogP contribution in [0.1, 0.15) is 6.92 Å². The van der Waals surface area contributed by atoms with Gasteiger partial charge in [0.25, 0.3) is 0 Å². The van der Waals surface area contributed by atoms with Crippen LogP contribution >= 0.6 is 0 Å². The molecule has 11 nitrogen and oxygen atoms in total. The zero-order valence-electron chi connectivity index (χ0n) is 11.8. The fourth-order valence-corrected chi connectivity index (χ4v) is 1.08. The van der Waals surface area contributed by atoms with Gasteiger partial charge in [-0.15, -0.1) is 0 Å². The second-order valence-electron chi connectivity index (χ2n) is 4.18. The minimum Gasteiger partial charge on any atom is -0.479 e. The Morgan fingerprint density at radius 3 is 1.90 bits per heavy atom. The maximum atomic E-state index is 9.77. The molecule has 0 radical (unpaired) electrons. The number of nitrogens with two attached hydrogens (primary N) is 1. The Morgan fingerprint density at radius 2 is 1.62 bits per heavy atom. The molecule has 0 aromatic rings. The third-order valence-corrected chi connectivity index (χ3v) is 2.10. The summed E-state index contributed by atoms with van der Waals surface area (Å²) < 4.78 is 0. The standard InChI is InChI=1S/C6H13N5.C4H6O6/c1-4-8-5(7)10-6(9-4)11(2)3;5-1(3(7)8)2(6)4(9)10/h4H,1-3H3,(H3,7,8,9,10);1-2,5-6H,(H,7,8)(H,9,10). The summed E-state index contributed by atoms with van der Waals surface area (Å²) in [6.07, 6.45) is -4.61. The van der Waals surface area contributed by atoms with Gasteiger partial charge in [-0.2, -0.15) is 0 Å². The molecular weight excluding hydrogens is 286 g/mol. The summed E-state index contributed by atoms with van der Waals surface area (Å²) in [5, 5.41) is 35.4. The second-order valence-corrected chi connectivity index (χ2v) is 4.18. The number of rotatable bonds is 3. The fourth-order valence-electron chi connectivity index (χ4n) is 1.08. The van der Waals surface area contributed by atoms with Crippen LogP contribution in [0.4, 0.5) is 0 Å². The van der Waals surface area contributed by atoms with Crippen molar-refractivity contribution >= 4 is 23.9 Å². The van der Waals surface area contributed by atoms with Crippen LogP contribution in [0.2, 0.25) is 0 Å². The van der Waals surface area contributed by atoms with Gasteiger partial charge >= 0.3 is 11.9 Å². The Morgan fingerprint density at radius 1 is 1.19 bits per heavy atom. The summed E-state index contributed by atoms with van der Waals surface area (Å²) in [6.45, 7) is 1.89. The third kappa shape index (κ3) is 6.54. The number of carboxylic acids is 2. The molecule has 0 spiro atoms. The van der Waals surface area contributed by atoms with E-state index in [4.69, 9.17) is 26.2 Å². The average Bonchev–Trinajstić information content (AvgIpc) is 2.36. The highest BCUT2D eigenvalue weighted by Crippen LogP contribution is 1.97. The van der Waals surface area contributed by atoms with Crippen LogP contribution in [0.25, 0.3) is 0 Å². The quantitative estimate of drug-likeness (QED) is 0.317. The van der Waals surface area contributed by atoms with E-state index in [9.17, 15) is 9.59 Å². The molecule has 3 unspecified atom stereocenters. The van der Waals surface area contributed by atoms with Crippen molar-refractivity contribution in [2.45, 2.75) is 25.3 Å². The molecule has 0 aromatic carbocycles. The average molecular weight is 305 g/mol. The first-order chi connectivity index (χ1) is 9.56. The number of carbonyl (C=O) groups is 2. The minimum atomic E-state index is -2.27. The summed E-state index contributed by atoms with van der Waals surface area (Å²) in [5.74, 6) is -2.36. The smallest absolute Gasteiger partial charge is 0.335 e. The number of nitrogens with one attached hydrogen (secondary N) is 1. The Kier molecular flexibility index (Phi) is 7.10. The lowest BCUT2D eigenvalue weighted by Crippen LogP contribution is -2.47. The number of carboxylic acid groups (broad SMARTS) is 2. The molecule has 0 amide bonds. The van der Waals surface area contributed by atoms with Gasteiger partial charge in [0.1, 0.15) is 6.17 Å². The van der Waals surface area contributed by atoms with E-state index in [1.807, 2.05) is 25.9 Å². The molecule has 1 rings (SSSR count). The van der Waals surface area contributed by atoms with E-state index in [1.54, 1.807) is 0 Å². The number of aliphatic carboxylic acids is 2. The molecule has 0 fully saturated rings. The van der Waals surface area contributed by atoms with Crippen LogP contribution in [0.3, 0.4) is 0 Å². The molecule has 21 heavy (non-hydrogen) atoms. The van der Waals surface area contributed by atoms with Crippen LogP contribution in [0.5, 0.6) is 0 Å². The summed E-state index contributed by atoms with van der Waals surface area (Å²) >= 11 is 0. The molecule has 1 heterocycles. The molecule has 7 N–H and O–H groups in total. The second kappa shape index (κ2) is 8.01. The van der Waals surface area contributed by atoms with Crippen LogP contribution in [-0.2, 0) is 9.59 Å². The van der Waals surface area contributed by atoms with Crippen LogP contribution in [0.15, 0.2) is 9.98 Å². The van der Waals surface area contributed by atoms with Crippen molar-refractivity contribution in [3.8, 4) is 0 Å². The molecule has 1 aliphatic heterocycles. The van der Waals surface area contributed by atoms with Gasteiger partial charge in [0.2, 0.25) is 5.96 Å². The van der Waals surface area contributed by atoms with Crippen molar-refractivity contribution < 1.29 is 30.0 Å². The van der Waals surface area contributed by atoms with E-state index >= 15 is 0 Å². The predicted molar refractivity (Wildman–Crippen MR) is 72.6 cm³/mol. The molecule has 0 saturated heterocycles. The summed E-state index contributed by atoms with van der Waals surface area (Å²) in [5.41, 5.74) is 5.48. The molecular formula is C10H19N5O6. The lowest BCUT2D eigenvalue weighted by Gasteiger charge is -2.21. The highest BCUT2D eigenvalue weighted by atomic mass is 16.4. The van der Waals surface area contributed by atoms with Gasteiger partial charge in [-0.05, 0) is 6.92 Å². The molecule has 0 aromatic heterocycles. The fraction of sp³-hybridized carbons (Fsp3) is 0.600. The first-order valence-electron chi connectivity index (χ1n) is 5.73. The SMILES string of the molecule is CC1N=C(N)NC(N(C)C)=N1.O=C(O)C(O)C(O)C(=O)O. The van der Waals surface area contributed by atoms with Gasteiger partial charge in [0.05, 0.1) is 0 Å². The van der Waals surface area contributed by atoms with E-state index in [1.165, 1.54) is 0 Å². The molecule has 0 bridgehead atoms. The summed E-state index contributed by atoms with van der Waals surface area (Å²) in [4.78, 5) is 29.6. The monoisotopic (exact) mass is 305 g/mol. The maximum absolute atomic E-state index is 9.77. The van der Waals surface area contributed by atoms with E-state index in [-0.39, 0.29) is 6.17 Å². The molecule has 0 aliphatic carbocycles. The Labute approximate surface area is 120 Å². The van der Waals surface area contributed by atoms with E-state index in [0.717, 1.165) is 5.96 Å². The maximum Gasteiger partial charge on any atom is 0.335 e. The first kappa shape index (κ1) is 18.6. The Hall–Kier alpha value is -2.40. The summed E-state index contributed by atoms with van der Waals surface area (Å²) in [7, 11) is 3.80. The zero-order valence-corrected chi connectivity index (χ0v) is 11.8. The van der Waals surface area contributed by atoms with Gasteiger partial charge in [-0.1, -0.05) is 0 Å². The van der Waals surface area contributed by atoms with Gasteiger partial charge < -0.3 is 31.1 Å². The number of hydrogen-bond donors (Lipinski definition) is 6. The zero-order chi connectivity index (χ0) is 16.7. The number of aliphatic imine (C=N–C) groups is 2. The topological polar surface area (TPSA) is 181 Å². The number of aliphatic hydroxyl groups excluding tert-OH is 2. The van der Waals surface area contributed by atoms with Crippen LogP contribution in [0, 0.1) is 0 Å². The Balaban J connectivity index is 0.000000384. The summed E-state index contributed by atoms with van der Waals surface area (Å²) in [6, 6.07) is 0. The van der Waals surface area contributed by atoms with E-state index in [0.29, 0.717) is 5.96 Å². The molecule has 120 valence electrons. The van der Waals surface area contributed by atoms with Crippen LogP contribution in [-0.4, -0.2) is 81.7 Å². The molecule has 0 saturated carbocycles. The van der Waals surface area contributed by atoms with Crippen molar-refractivity contribution in [1.29, 1.82) is 0 Å². The van der Waals surface area contributed by atoms with Crippen molar-refractivity contribution in [3.05, 3.63) is 0 Å². The Bertz CT molecular complexity index is 431. The highest BCUT2D eigenvalue weighted by molar-refractivity contribution is 5.99. The number of hydrogen-bond acceptors (Lipinski definition) is 9. The van der Waals surface area contributed by atoms with Crippen molar-refractivity contribution in [3.63, 3.8) is 0 Å². The van der Waals surface area contributed by atoms with Gasteiger partial charge in [-0.3, -0.25) is 5.32 Å². The molecule has 1 aliphatic rings. The van der Waals surface area contributed by atoms with E-state index < -0.39 is 24.1 Å². The van der Waals surface area contributed by atoms with E-state index in [2.05, 4.69) is 15.3 Å². The van der Waals surface area contributed by atoms with Crippen LogP contribution < -0.4 is 11.1 Å². The minimum absolute atomic E-state index is 0.0753. The van der Waals surface area contributed by atoms with Crippen molar-refractivity contribution in [2.24, 2.45) is 15.7 Å². The molecule has 11 heteroatoms. The first-order valence-corrected chi connectivity index (χ1v) is 5.73. The lowest BCUT2D eigenvalue weighted by atomic mass is 10.2. The van der Waals surface area contributed by atoms with Gasteiger partial charge in [-0.25, -0.2) is 19.6 Å².